The number of nitrogens with one attached hydrogen (secondary N) is 2. The minimum absolute atomic E-state index is 0.0136. The third-order valence-corrected chi connectivity index (χ3v) is 6.01. The van der Waals surface area contributed by atoms with E-state index in [4.69, 9.17) is 0 Å². The van der Waals surface area contributed by atoms with Gasteiger partial charge in [-0.15, -0.1) is 23.5 Å². The van der Waals surface area contributed by atoms with E-state index < -0.39 is 0 Å². The molecule has 1 aromatic carbocycles. The number of carbonyl (C=O) groups excluding carboxylic acids is 1. The molecule has 2 aromatic rings. The summed E-state index contributed by atoms with van der Waals surface area (Å²) in [6.07, 6.45) is 2.03. The van der Waals surface area contributed by atoms with Crippen LogP contribution in [0.2, 0.25) is 0 Å². The van der Waals surface area contributed by atoms with Gasteiger partial charge in [0.2, 0.25) is 5.91 Å². The lowest BCUT2D eigenvalue weighted by atomic mass is 9.93. The highest BCUT2D eigenvalue weighted by atomic mass is 32.2. The highest BCUT2D eigenvalue weighted by Crippen LogP contribution is 2.39. The standard InChI is InChI=1S/C18H24N2OS2/c1-5-22-18(23-6-2)16(17(21)19-4)12(3)14-11-20-15-10-8-7-9-13(14)15/h7-12,20H,5-6H2,1-4H3,(H,19,21). The predicted octanol–water partition coefficient (Wildman–Crippen LogP) is 4.74. The van der Waals surface area contributed by atoms with Crippen molar-refractivity contribution < 1.29 is 4.79 Å². The summed E-state index contributed by atoms with van der Waals surface area (Å²) in [5.41, 5.74) is 3.15. The van der Waals surface area contributed by atoms with Crippen LogP contribution in [-0.2, 0) is 4.79 Å². The number of thioether (sulfide) groups is 2. The number of aromatic amines is 1. The van der Waals surface area contributed by atoms with Gasteiger partial charge in [-0.3, -0.25) is 4.79 Å². The Balaban J connectivity index is 2.54. The lowest BCUT2D eigenvalue weighted by Crippen LogP contribution is -2.24. The van der Waals surface area contributed by atoms with Gasteiger partial charge in [-0.25, -0.2) is 0 Å². The number of amides is 1. The topological polar surface area (TPSA) is 44.9 Å². The molecule has 1 amide bonds. The first-order valence-electron chi connectivity index (χ1n) is 7.91. The average Bonchev–Trinajstić information content (AvgIpc) is 2.99. The first kappa shape index (κ1) is 18.0. The molecule has 1 atom stereocenters. The van der Waals surface area contributed by atoms with Crippen molar-refractivity contribution in [1.29, 1.82) is 0 Å². The zero-order valence-electron chi connectivity index (χ0n) is 14.1. The molecule has 2 rings (SSSR count). The molecule has 0 aliphatic rings. The molecule has 2 N–H and O–H groups in total. The number of hydrogen-bond donors (Lipinski definition) is 2. The summed E-state index contributed by atoms with van der Waals surface area (Å²) >= 11 is 3.51. The van der Waals surface area contributed by atoms with E-state index in [0.717, 1.165) is 26.8 Å². The Morgan fingerprint density at radius 1 is 1.22 bits per heavy atom. The molecule has 0 bridgehead atoms. The Bertz CT molecular complexity index is 698. The molecule has 0 saturated heterocycles. The molecule has 0 aliphatic carbocycles. The fourth-order valence-electron chi connectivity index (χ4n) is 2.67. The average molecular weight is 349 g/mol. The third kappa shape index (κ3) is 3.96. The second-order valence-electron chi connectivity index (χ2n) is 5.16. The molecule has 0 radical (unpaired) electrons. The maximum atomic E-state index is 12.6. The molecule has 0 saturated carbocycles. The number of fused-ring (bicyclic) bond motifs is 1. The minimum atomic E-state index is 0.0136. The van der Waals surface area contributed by atoms with E-state index in [0.29, 0.717) is 0 Å². The van der Waals surface area contributed by atoms with Crippen LogP contribution in [0.15, 0.2) is 40.3 Å². The lowest BCUT2D eigenvalue weighted by molar-refractivity contribution is -0.117. The van der Waals surface area contributed by atoms with Crippen molar-refractivity contribution in [2.75, 3.05) is 18.6 Å². The largest absolute Gasteiger partial charge is 0.361 e. The Morgan fingerprint density at radius 3 is 2.48 bits per heavy atom. The van der Waals surface area contributed by atoms with Gasteiger partial charge in [0.05, 0.1) is 0 Å². The maximum absolute atomic E-state index is 12.6. The molecule has 1 heterocycles. The van der Waals surface area contributed by atoms with Crippen LogP contribution < -0.4 is 5.32 Å². The number of benzene rings is 1. The van der Waals surface area contributed by atoms with Gasteiger partial charge in [0.15, 0.2) is 0 Å². The highest BCUT2D eigenvalue weighted by molar-refractivity contribution is 8.22. The molecule has 0 spiro atoms. The lowest BCUT2D eigenvalue weighted by Gasteiger charge is -2.19. The molecule has 3 nitrogen and oxygen atoms in total. The predicted molar refractivity (Wildman–Crippen MR) is 104 cm³/mol. The van der Waals surface area contributed by atoms with Crippen LogP contribution in [0.25, 0.3) is 10.9 Å². The van der Waals surface area contributed by atoms with Crippen LogP contribution in [0.4, 0.5) is 0 Å². The Labute approximate surface area is 146 Å². The van der Waals surface area contributed by atoms with Gasteiger partial charge in [-0.1, -0.05) is 39.0 Å². The van der Waals surface area contributed by atoms with E-state index >= 15 is 0 Å². The Morgan fingerprint density at radius 2 is 1.87 bits per heavy atom. The molecule has 1 unspecified atom stereocenters. The number of aromatic nitrogens is 1. The van der Waals surface area contributed by atoms with Crippen LogP contribution in [0.1, 0.15) is 32.3 Å². The summed E-state index contributed by atoms with van der Waals surface area (Å²) in [6, 6.07) is 8.24. The number of rotatable bonds is 7. The van der Waals surface area contributed by atoms with Crippen LogP contribution >= 0.6 is 23.5 Å². The minimum Gasteiger partial charge on any atom is -0.361 e. The van der Waals surface area contributed by atoms with Gasteiger partial charge >= 0.3 is 0 Å². The molecule has 1 aromatic heterocycles. The van der Waals surface area contributed by atoms with Gasteiger partial charge in [-0.2, -0.15) is 0 Å². The Hall–Kier alpha value is -1.33. The normalized spacial score (nSPS) is 12.2. The molecule has 0 aliphatic heterocycles. The van der Waals surface area contributed by atoms with E-state index in [1.54, 1.807) is 30.6 Å². The number of likely N-dealkylation sites (N-methyl/N-ethyl adjacent to an activating group) is 1. The molecular formula is C18H24N2OS2. The summed E-state index contributed by atoms with van der Waals surface area (Å²) in [6.45, 7) is 6.37. The van der Waals surface area contributed by atoms with Gasteiger partial charge in [0, 0.05) is 39.9 Å². The van der Waals surface area contributed by atoms with Crippen molar-refractivity contribution in [3.8, 4) is 0 Å². The van der Waals surface area contributed by atoms with Crippen molar-refractivity contribution in [1.82, 2.24) is 10.3 Å². The molecule has 5 heteroatoms. The van der Waals surface area contributed by atoms with Crippen molar-refractivity contribution in [3.05, 3.63) is 45.8 Å². The first-order chi connectivity index (χ1) is 11.1. The van der Waals surface area contributed by atoms with Gasteiger partial charge in [0.25, 0.3) is 0 Å². The summed E-state index contributed by atoms with van der Waals surface area (Å²) in [4.78, 5) is 15.9. The smallest absolute Gasteiger partial charge is 0.249 e. The highest BCUT2D eigenvalue weighted by Gasteiger charge is 2.24. The number of hydrogen-bond acceptors (Lipinski definition) is 3. The van der Waals surface area contributed by atoms with Gasteiger partial charge in [0.1, 0.15) is 0 Å². The SMILES string of the molecule is CCSC(SCC)=C(C(=O)NC)C(C)c1c[nH]c2ccccc12. The van der Waals surface area contributed by atoms with Crippen molar-refractivity contribution in [2.24, 2.45) is 0 Å². The Kier molecular flexibility index (Phi) is 6.66. The van der Waals surface area contributed by atoms with Crippen LogP contribution in [0.5, 0.6) is 0 Å². The number of para-hydroxylation sites is 1. The molecular weight excluding hydrogens is 324 g/mol. The van der Waals surface area contributed by atoms with E-state index in [1.165, 1.54) is 10.9 Å². The first-order valence-corrected chi connectivity index (χ1v) is 9.88. The summed E-state index contributed by atoms with van der Waals surface area (Å²) < 4.78 is 1.13. The number of H-pyrrole nitrogens is 1. The zero-order valence-corrected chi connectivity index (χ0v) is 15.7. The van der Waals surface area contributed by atoms with Crippen LogP contribution in [-0.4, -0.2) is 29.4 Å². The fraction of sp³-hybridized carbons (Fsp3) is 0.389. The maximum Gasteiger partial charge on any atom is 0.249 e. The summed E-state index contributed by atoms with van der Waals surface area (Å²) in [7, 11) is 1.70. The second-order valence-corrected chi connectivity index (χ2v) is 7.96. The third-order valence-electron chi connectivity index (χ3n) is 3.76. The molecule has 124 valence electrons. The van der Waals surface area contributed by atoms with Crippen LogP contribution in [0.3, 0.4) is 0 Å². The summed E-state index contributed by atoms with van der Waals surface area (Å²) in [5, 5.41) is 4.00. The second kappa shape index (κ2) is 8.50. The zero-order chi connectivity index (χ0) is 16.8. The van der Waals surface area contributed by atoms with Crippen molar-refractivity contribution in [3.63, 3.8) is 0 Å². The number of carbonyl (C=O) groups is 1. The van der Waals surface area contributed by atoms with Crippen molar-refractivity contribution in [2.45, 2.75) is 26.7 Å². The molecule has 23 heavy (non-hydrogen) atoms. The van der Waals surface area contributed by atoms with Crippen LogP contribution in [0, 0.1) is 0 Å². The van der Waals surface area contributed by atoms with E-state index in [1.807, 2.05) is 18.3 Å². The molecule has 0 fully saturated rings. The van der Waals surface area contributed by atoms with Gasteiger partial charge < -0.3 is 10.3 Å². The summed E-state index contributed by atoms with van der Waals surface area (Å²) in [5.74, 6) is 1.98. The van der Waals surface area contributed by atoms with Crippen molar-refractivity contribution >= 4 is 40.3 Å². The quantitative estimate of drug-likeness (QED) is 0.711. The fourth-order valence-corrected chi connectivity index (χ4v) is 5.08. The van der Waals surface area contributed by atoms with E-state index in [9.17, 15) is 4.79 Å². The van der Waals surface area contributed by atoms with E-state index in [2.05, 4.69) is 43.2 Å². The van der Waals surface area contributed by atoms with E-state index in [-0.39, 0.29) is 11.8 Å². The monoisotopic (exact) mass is 348 g/mol. The van der Waals surface area contributed by atoms with Gasteiger partial charge in [-0.05, 0) is 23.1 Å².